The van der Waals surface area contributed by atoms with Gasteiger partial charge in [-0.3, -0.25) is 0 Å². The summed E-state index contributed by atoms with van der Waals surface area (Å²) < 4.78 is 38.3. The lowest BCUT2D eigenvalue weighted by molar-refractivity contribution is -0.195. The Kier molecular flexibility index (Phi) is 2.16. The lowest BCUT2D eigenvalue weighted by Gasteiger charge is -2.33. The van der Waals surface area contributed by atoms with Crippen LogP contribution >= 0.6 is 0 Å². The maximum Gasteiger partial charge on any atom is 0.392 e. The molecule has 0 heterocycles. The minimum Gasteiger partial charge on any atom is -0.171 e. The van der Waals surface area contributed by atoms with Crippen LogP contribution in [0.3, 0.4) is 0 Å². The van der Waals surface area contributed by atoms with Crippen molar-refractivity contribution < 1.29 is 13.2 Å². The first-order valence-electron chi connectivity index (χ1n) is 5.24. The summed E-state index contributed by atoms with van der Waals surface area (Å²) in [5.41, 5.74) is -0.544. The molecule has 3 unspecified atom stereocenters. The Labute approximate surface area is 82.2 Å². The van der Waals surface area contributed by atoms with Crippen LogP contribution in [0.25, 0.3) is 0 Å². The molecule has 2 aliphatic rings. The molecule has 0 amide bonds. The van der Waals surface area contributed by atoms with Crippen LogP contribution < -0.4 is 0 Å². The number of halogens is 3. The molecule has 14 heavy (non-hydrogen) atoms. The minimum absolute atomic E-state index is 0.188. The van der Waals surface area contributed by atoms with Crippen molar-refractivity contribution >= 4 is 0 Å². The second kappa shape index (κ2) is 3.01. The average Bonchev–Trinajstić information content (AvgIpc) is 2.59. The first-order chi connectivity index (χ1) is 6.48. The van der Waals surface area contributed by atoms with Crippen LogP contribution in [0.5, 0.6) is 0 Å². The van der Waals surface area contributed by atoms with Crippen molar-refractivity contribution in [1.82, 2.24) is 0 Å². The molecule has 0 aliphatic heterocycles. The van der Waals surface area contributed by atoms with Crippen LogP contribution in [0, 0.1) is 17.3 Å². The molecule has 2 aliphatic carbocycles. The van der Waals surface area contributed by atoms with Crippen LogP contribution in [0.4, 0.5) is 13.2 Å². The molecule has 1 fully saturated rings. The van der Waals surface area contributed by atoms with Gasteiger partial charge < -0.3 is 0 Å². The molecular formula is C11H15F3. The highest BCUT2D eigenvalue weighted by Crippen LogP contribution is 2.60. The van der Waals surface area contributed by atoms with Crippen molar-refractivity contribution in [1.29, 1.82) is 0 Å². The first kappa shape index (κ1) is 10.1. The van der Waals surface area contributed by atoms with E-state index in [0.29, 0.717) is 12.8 Å². The maximum absolute atomic E-state index is 12.8. The summed E-state index contributed by atoms with van der Waals surface area (Å²) >= 11 is 0. The van der Waals surface area contributed by atoms with Gasteiger partial charge in [0.25, 0.3) is 0 Å². The van der Waals surface area contributed by atoms with E-state index in [0.717, 1.165) is 12.8 Å². The van der Waals surface area contributed by atoms with Crippen LogP contribution in [0.2, 0.25) is 0 Å². The molecule has 80 valence electrons. The summed E-state index contributed by atoms with van der Waals surface area (Å²) in [6.07, 6.45) is 2.38. The molecule has 1 saturated carbocycles. The molecule has 0 aromatic rings. The third-order valence-corrected chi connectivity index (χ3v) is 3.69. The van der Waals surface area contributed by atoms with Crippen LogP contribution in [0.15, 0.2) is 12.2 Å². The van der Waals surface area contributed by atoms with Gasteiger partial charge in [-0.15, -0.1) is 0 Å². The van der Waals surface area contributed by atoms with Gasteiger partial charge in [0.15, 0.2) is 0 Å². The molecule has 0 aromatic carbocycles. The van der Waals surface area contributed by atoms with E-state index in [4.69, 9.17) is 0 Å². The highest BCUT2D eigenvalue weighted by molar-refractivity contribution is 5.19. The quantitative estimate of drug-likeness (QED) is 0.598. The SMILES string of the molecule is CCCC12C=CC(CC1C(F)(F)F)C2. The zero-order chi connectivity index (χ0) is 10.4. The molecular weight excluding hydrogens is 189 g/mol. The Balaban J connectivity index is 2.24. The fourth-order valence-corrected chi connectivity index (χ4v) is 3.19. The number of fused-ring (bicyclic) bond motifs is 2. The Hall–Kier alpha value is -0.470. The minimum atomic E-state index is -4.01. The van der Waals surface area contributed by atoms with E-state index in [1.165, 1.54) is 0 Å². The van der Waals surface area contributed by atoms with E-state index in [-0.39, 0.29) is 5.92 Å². The zero-order valence-corrected chi connectivity index (χ0v) is 8.27. The van der Waals surface area contributed by atoms with Gasteiger partial charge in [0.2, 0.25) is 0 Å². The van der Waals surface area contributed by atoms with Crippen molar-refractivity contribution in [2.24, 2.45) is 17.3 Å². The van der Waals surface area contributed by atoms with Gasteiger partial charge >= 0.3 is 6.18 Å². The van der Waals surface area contributed by atoms with E-state index >= 15 is 0 Å². The monoisotopic (exact) mass is 204 g/mol. The fourth-order valence-electron chi connectivity index (χ4n) is 3.19. The van der Waals surface area contributed by atoms with Gasteiger partial charge in [0.05, 0.1) is 5.92 Å². The predicted octanol–water partition coefficient (Wildman–Crippen LogP) is 3.93. The van der Waals surface area contributed by atoms with Crippen molar-refractivity contribution in [2.45, 2.75) is 38.8 Å². The second-order valence-corrected chi connectivity index (χ2v) is 4.64. The summed E-state index contributed by atoms with van der Waals surface area (Å²) in [7, 11) is 0. The summed E-state index contributed by atoms with van der Waals surface area (Å²) in [4.78, 5) is 0. The molecule has 0 radical (unpaired) electrons. The third kappa shape index (κ3) is 1.37. The normalized spacial score (nSPS) is 40.9. The van der Waals surface area contributed by atoms with E-state index < -0.39 is 17.5 Å². The molecule has 0 aromatic heterocycles. The topological polar surface area (TPSA) is 0 Å². The van der Waals surface area contributed by atoms with Gasteiger partial charge in [-0.25, -0.2) is 0 Å². The summed E-state index contributed by atoms with van der Waals surface area (Å²) in [5, 5.41) is 0. The smallest absolute Gasteiger partial charge is 0.171 e. The molecule has 0 saturated heterocycles. The second-order valence-electron chi connectivity index (χ2n) is 4.64. The van der Waals surface area contributed by atoms with Gasteiger partial charge in [-0.2, -0.15) is 13.2 Å². The fraction of sp³-hybridized carbons (Fsp3) is 0.818. The molecule has 0 spiro atoms. The van der Waals surface area contributed by atoms with Crippen LogP contribution in [-0.4, -0.2) is 6.18 Å². The lowest BCUT2D eigenvalue weighted by Crippen LogP contribution is -2.35. The van der Waals surface area contributed by atoms with Crippen molar-refractivity contribution in [3.8, 4) is 0 Å². The van der Waals surface area contributed by atoms with Gasteiger partial charge in [-0.1, -0.05) is 25.5 Å². The lowest BCUT2D eigenvalue weighted by atomic mass is 9.74. The van der Waals surface area contributed by atoms with Crippen LogP contribution in [0.1, 0.15) is 32.6 Å². The van der Waals surface area contributed by atoms with E-state index in [9.17, 15) is 13.2 Å². The number of allylic oxidation sites excluding steroid dienone is 2. The Morgan fingerprint density at radius 1 is 1.43 bits per heavy atom. The highest BCUT2D eigenvalue weighted by Gasteiger charge is 2.58. The van der Waals surface area contributed by atoms with E-state index in [2.05, 4.69) is 0 Å². The number of alkyl halides is 3. The van der Waals surface area contributed by atoms with Gasteiger partial charge in [0.1, 0.15) is 0 Å². The highest BCUT2D eigenvalue weighted by atomic mass is 19.4. The molecule has 0 N–H and O–H groups in total. The Morgan fingerprint density at radius 2 is 2.14 bits per heavy atom. The van der Waals surface area contributed by atoms with Gasteiger partial charge in [0, 0.05) is 5.41 Å². The molecule has 3 atom stereocenters. The zero-order valence-electron chi connectivity index (χ0n) is 8.27. The van der Waals surface area contributed by atoms with Crippen molar-refractivity contribution in [2.75, 3.05) is 0 Å². The molecule has 0 nitrogen and oxygen atoms in total. The molecule has 2 rings (SSSR count). The summed E-state index contributed by atoms with van der Waals surface area (Å²) in [6, 6.07) is 0. The van der Waals surface area contributed by atoms with Crippen LogP contribution in [-0.2, 0) is 0 Å². The summed E-state index contributed by atoms with van der Waals surface area (Å²) in [6.45, 7) is 1.96. The number of hydrogen-bond acceptors (Lipinski definition) is 0. The maximum atomic E-state index is 12.8. The number of hydrogen-bond donors (Lipinski definition) is 0. The van der Waals surface area contributed by atoms with Crippen molar-refractivity contribution in [3.63, 3.8) is 0 Å². The first-order valence-corrected chi connectivity index (χ1v) is 5.24. The molecule has 2 bridgehead atoms. The Bertz CT molecular complexity index is 254. The van der Waals surface area contributed by atoms with Gasteiger partial charge in [-0.05, 0) is 25.2 Å². The Morgan fingerprint density at radius 3 is 2.64 bits per heavy atom. The van der Waals surface area contributed by atoms with E-state index in [1.807, 2.05) is 19.1 Å². The van der Waals surface area contributed by atoms with E-state index in [1.54, 1.807) is 0 Å². The van der Waals surface area contributed by atoms with Crippen molar-refractivity contribution in [3.05, 3.63) is 12.2 Å². The number of rotatable bonds is 2. The molecule has 3 heteroatoms. The summed E-state index contributed by atoms with van der Waals surface area (Å²) in [5.74, 6) is -0.891. The standard InChI is InChI=1S/C11H15F3/c1-2-4-10-5-3-8(7-10)6-9(10)11(12,13)14/h3,5,8-9H,2,4,6-7H2,1H3. The predicted molar refractivity (Wildman–Crippen MR) is 48.8 cm³/mol. The third-order valence-electron chi connectivity index (χ3n) is 3.69. The largest absolute Gasteiger partial charge is 0.392 e. The average molecular weight is 204 g/mol.